The van der Waals surface area contributed by atoms with Crippen molar-refractivity contribution in [1.82, 2.24) is 0 Å². The van der Waals surface area contributed by atoms with Gasteiger partial charge >= 0.3 is 0 Å². The predicted molar refractivity (Wildman–Crippen MR) is 134 cm³/mol. The molecule has 3 fully saturated rings. The summed E-state index contributed by atoms with van der Waals surface area (Å²) in [5.74, 6) is 2.24. The minimum atomic E-state index is -0.602. The number of ketones is 2. The van der Waals surface area contributed by atoms with E-state index in [2.05, 4.69) is 33.8 Å². The van der Waals surface area contributed by atoms with E-state index in [1.165, 1.54) is 25.7 Å². The van der Waals surface area contributed by atoms with Gasteiger partial charge in [0, 0.05) is 12.8 Å². The third kappa shape index (κ3) is 3.46. The first-order chi connectivity index (χ1) is 15.3. The fourth-order valence-corrected chi connectivity index (χ4v) is 9.34. The zero-order valence-electron chi connectivity index (χ0n) is 22.1. The Morgan fingerprint density at radius 2 is 1.85 bits per heavy atom. The molecule has 0 radical (unpaired) electrons. The highest BCUT2D eigenvalue weighted by Crippen LogP contribution is 2.73. The van der Waals surface area contributed by atoms with Crippen LogP contribution in [0.15, 0.2) is 23.3 Å². The molecule has 0 unspecified atom stereocenters. The van der Waals surface area contributed by atoms with Crippen molar-refractivity contribution < 1.29 is 14.7 Å². The van der Waals surface area contributed by atoms with Crippen LogP contribution in [-0.2, 0) is 9.59 Å². The summed E-state index contributed by atoms with van der Waals surface area (Å²) in [6.07, 6.45) is 12.2. The van der Waals surface area contributed by atoms with E-state index in [-0.39, 0.29) is 40.3 Å². The summed E-state index contributed by atoms with van der Waals surface area (Å²) in [5, 5.41) is 10.3. The lowest BCUT2D eigenvalue weighted by atomic mass is 9.41. The second kappa shape index (κ2) is 8.18. The Morgan fingerprint density at radius 1 is 1.15 bits per heavy atom. The largest absolute Gasteiger partial charge is 0.395 e. The molecule has 0 aliphatic heterocycles. The van der Waals surface area contributed by atoms with Gasteiger partial charge in [-0.2, -0.15) is 0 Å². The Hall–Kier alpha value is -1.22. The Labute approximate surface area is 201 Å². The van der Waals surface area contributed by atoms with Crippen LogP contribution in [-0.4, -0.2) is 23.3 Å². The van der Waals surface area contributed by atoms with E-state index in [4.69, 9.17) is 0 Å². The fourth-order valence-electron chi connectivity index (χ4n) is 9.34. The molecule has 3 saturated carbocycles. The van der Waals surface area contributed by atoms with Crippen LogP contribution in [0, 0.1) is 45.3 Å². The van der Waals surface area contributed by atoms with Crippen LogP contribution in [0.1, 0.15) is 99.8 Å². The van der Waals surface area contributed by atoms with Gasteiger partial charge in [-0.1, -0.05) is 51.8 Å². The summed E-state index contributed by atoms with van der Waals surface area (Å²) in [7, 11) is 0. The van der Waals surface area contributed by atoms with Crippen molar-refractivity contribution in [2.75, 3.05) is 6.61 Å². The molecule has 0 saturated heterocycles. The monoisotopic (exact) mass is 454 g/mol. The van der Waals surface area contributed by atoms with Crippen LogP contribution in [0.2, 0.25) is 0 Å². The zero-order valence-corrected chi connectivity index (χ0v) is 22.1. The molecule has 3 heteroatoms. The molecular formula is C30H46O3. The van der Waals surface area contributed by atoms with Crippen LogP contribution in [0.25, 0.3) is 0 Å². The smallest absolute Gasteiger partial charge is 0.155 e. The molecule has 0 heterocycles. The highest BCUT2D eigenvalue weighted by molar-refractivity contribution is 5.90. The van der Waals surface area contributed by atoms with Gasteiger partial charge in [0.1, 0.15) is 5.78 Å². The maximum Gasteiger partial charge on any atom is 0.155 e. The van der Waals surface area contributed by atoms with Crippen LogP contribution >= 0.6 is 0 Å². The molecule has 184 valence electrons. The van der Waals surface area contributed by atoms with Crippen molar-refractivity contribution in [1.29, 1.82) is 0 Å². The summed E-state index contributed by atoms with van der Waals surface area (Å²) in [4.78, 5) is 25.4. The maximum atomic E-state index is 12.9. The number of allylic oxidation sites excluding steroid dienone is 4. The van der Waals surface area contributed by atoms with Gasteiger partial charge in [-0.15, -0.1) is 0 Å². The van der Waals surface area contributed by atoms with Crippen molar-refractivity contribution in [3.8, 4) is 0 Å². The third-order valence-corrected chi connectivity index (χ3v) is 11.4. The fraction of sp³-hybridized carbons (Fsp3) is 0.800. The zero-order chi connectivity index (χ0) is 24.4. The molecule has 8 atom stereocenters. The molecule has 0 spiro atoms. The van der Waals surface area contributed by atoms with Gasteiger partial charge in [-0.05, 0) is 98.4 Å². The number of hydrogen-bond donors (Lipinski definition) is 1. The van der Waals surface area contributed by atoms with Gasteiger partial charge in [-0.25, -0.2) is 0 Å². The SMILES string of the molecule is CC(C)=CC(=O)C[C@H](C)[C@@H]1CC[C@]2(C)C3=CC[C@H]4[C@](C)(CCC(=O)[C@]4(C)CO)[C@@H]3CC[C@@]12C. The molecule has 0 amide bonds. The normalized spacial score (nSPS) is 45.4. The first kappa shape index (κ1) is 24.9. The number of aliphatic hydroxyl groups excluding tert-OH is 1. The van der Waals surface area contributed by atoms with E-state index in [9.17, 15) is 14.7 Å². The third-order valence-electron chi connectivity index (χ3n) is 11.4. The molecule has 33 heavy (non-hydrogen) atoms. The predicted octanol–water partition coefficient (Wildman–Crippen LogP) is 6.69. The molecule has 0 aromatic heterocycles. The van der Waals surface area contributed by atoms with E-state index in [1.807, 2.05) is 26.8 Å². The lowest BCUT2D eigenvalue weighted by Gasteiger charge is -2.63. The van der Waals surface area contributed by atoms with E-state index >= 15 is 0 Å². The van der Waals surface area contributed by atoms with E-state index in [0.29, 0.717) is 30.6 Å². The average molecular weight is 455 g/mol. The van der Waals surface area contributed by atoms with Crippen molar-refractivity contribution in [2.24, 2.45) is 45.3 Å². The van der Waals surface area contributed by atoms with Crippen molar-refractivity contribution in [3.05, 3.63) is 23.3 Å². The van der Waals surface area contributed by atoms with Gasteiger partial charge < -0.3 is 5.11 Å². The van der Waals surface area contributed by atoms with Crippen LogP contribution in [0.4, 0.5) is 0 Å². The Balaban J connectivity index is 1.65. The van der Waals surface area contributed by atoms with Gasteiger partial charge in [0.2, 0.25) is 0 Å². The summed E-state index contributed by atoms with van der Waals surface area (Å²) < 4.78 is 0. The number of fused-ring (bicyclic) bond motifs is 5. The van der Waals surface area contributed by atoms with Crippen LogP contribution < -0.4 is 0 Å². The molecule has 1 N–H and O–H groups in total. The topological polar surface area (TPSA) is 54.4 Å². The standard InChI is InChI=1S/C30H46O3/c1-19(2)16-21(32)17-20(3)22-10-14-30(7)24-8-9-25-27(4,23(24)11-15-29(22,30)6)13-12-26(33)28(25,5)18-31/h8,16,20,22-23,25,31H,9-15,17-18H2,1-7H3/t20-,22-,23+,25-,27+,28+,29-,30+/m0/s1. The highest BCUT2D eigenvalue weighted by Gasteiger charge is 2.65. The van der Waals surface area contributed by atoms with Gasteiger partial charge in [0.05, 0.1) is 12.0 Å². The molecular weight excluding hydrogens is 408 g/mol. The molecule has 4 aliphatic carbocycles. The number of aliphatic hydroxyl groups is 1. The molecule has 4 rings (SSSR count). The van der Waals surface area contributed by atoms with Crippen LogP contribution in [0.3, 0.4) is 0 Å². The minimum Gasteiger partial charge on any atom is -0.395 e. The number of rotatable bonds is 5. The average Bonchev–Trinajstić information content (AvgIpc) is 3.02. The summed E-state index contributed by atoms with van der Waals surface area (Å²) >= 11 is 0. The Morgan fingerprint density at radius 3 is 2.48 bits per heavy atom. The Bertz CT molecular complexity index is 894. The second-order valence-corrected chi connectivity index (χ2v) is 13.3. The maximum absolute atomic E-state index is 12.9. The van der Waals surface area contributed by atoms with E-state index in [1.54, 1.807) is 5.57 Å². The first-order valence-electron chi connectivity index (χ1n) is 13.4. The quantitative estimate of drug-likeness (QED) is 0.372. The van der Waals surface area contributed by atoms with Gasteiger partial charge in [-0.3, -0.25) is 9.59 Å². The van der Waals surface area contributed by atoms with Crippen molar-refractivity contribution in [3.63, 3.8) is 0 Å². The summed E-state index contributed by atoms with van der Waals surface area (Å²) in [6, 6.07) is 0. The van der Waals surface area contributed by atoms with Crippen molar-refractivity contribution in [2.45, 2.75) is 99.8 Å². The number of carbonyl (C=O) groups is 2. The lowest BCUT2D eigenvalue weighted by Crippen LogP contribution is -2.58. The Kier molecular flexibility index (Phi) is 6.17. The van der Waals surface area contributed by atoms with Crippen molar-refractivity contribution >= 4 is 11.6 Å². The second-order valence-electron chi connectivity index (χ2n) is 13.3. The lowest BCUT2D eigenvalue weighted by molar-refractivity contribution is -0.153. The first-order valence-corrected chi connectivity index (χ1v) is 13.4. The number of Topliss-reactive ketones (excluding diaryl/α,β-unsaturated/α-hetero) is 1. The van der Waals surface area contributed by atoms with Crippen LogP contribution in [0.5, 0.6) is 0 Å². The molecule has 0 bridgehead atoms. The van der Waals surface area contributed by atoms with Gasteiger partial charge in [0.25, 0.3) is 0 Å². The molecule has 0 aromatic rings. The molecule has 4 aliphatic rings. The summed E-state index contributed by atoms with van der Waals surface area (Å²) in [6.45, 7) is 15.7. The molecule has 3 nitrogen and oxygen atoms in total. The minimum absolute atomic E-state index is 0.0315. The van der Waals surface area contributed by atoms with Gasteiger partial charge in [0.15, 0.2) is 5.78 Å². The van der Waals surface area contributed by atoms with E-state index in [0.717, 1.165) is 18.4 Å². The number of carbonyl (C=O) groups excluding carboxylic acids is 2. The van der Waals surface area contributed by atoms with E-state index < -0.39 is 5.41 Å². The highest BCUT2D eigenvalue weighted by atomic mass is 16.3. The number of hydrogen-bond acceptors (Lipinski definition) is 3. The summed E-state index contributed by atoms with van der Waals surface area (Å²) in [5.41, 5.74) is 2.60. The molecule has 0 aromatic carbocycles.